The van der Waals surface area contributed by atoms with Crippen molar-refractivity contribution in [1.29, 1.82) is 0 Å². The van der Waals surface area contributed by atoms with Crippen molar-refractivity contribution in [2.75, 3.05) is 37.0 Å². The van der Waals surface area contributed by atoms with Gasteiger partial charge in [0.15, 0.2) is 0 Å². The van der Waals surface area contributed by atoms with Gasteiger partial charge in [0, 0.05) is 36.8 Å². The van der Waals surface area contributed by atoms with Gasteiger partial charge in [-0.05, 0) is 56.0 Å². The lowest BCUT2D eigenvalue weighted by atomic mass is 10.0. The quantitative estimate of drug-likeness (QED) is 0.346. The number of anilines is 2. The second-order valence-corrected chi connectivity index (χ2v) is 9.73. The maximum Gasteiger partial charge on any atom is 0.406 e. The first-order chi connectivity index (χ1) is 18.4. The molecule has 38 heavy (non-hydrogen) atoms. The van der Waals surface area contributed by atoms with Crippen molar-refractivity contribution in [3.8, 4) is 11.1 Å². The van der Waals surface area contributed by atoms with Crippen molar-refractivity contribution in [3.63, 3.8) is 0 Å². The Labute approximate surface area is 219 Å². The van der Waals surface area contributed by atoms with Crippen molar-refractivity contribution < 1.29 is 17.9 Å². The average molecular weight is 531 g/mol. The van der Waals surface area contributed by atoms with Gasteiger partial charge in [0.2, 0.25) is 0 Å². The Kier molecular flexibility index (Phi) is 7.87. The molecule has 0 aliphatic carbocycles. The van der Waals surface area contributed by atoms with E-state index in [1.807, 2.05) is 17.1 Å². The smallest absolute Gasteiger partial charge is 0.368 e. The highest BCUT2D eigenvalue weighted by Gasteiger charge is 2.35. The average Bonchev–Trinajstić information content (AvgIpc) is 3.37. The van der Waals surface area contributed by atoms with Gasteiger partial charge in [0.05, 0.1) is 23.3 Å². The van der Waals surface area contributed by atoms with E-state index < -0.39 is 18.3 Å². The Bertz CT molecular complexity index is 1340. The lowest BCUT2D eigenvalue weighted by molar-refractivity contribution is -0.140. The number of nitrogens with zero attached hydrogens (tertiary/aromatic N) is 3. The van der Waals surface area contributed by atoms with Crippen LogP contribution >= 0.6 is 0 Å². The molecular formula is C27H33F3N6O2. The predicted octanol–water partition coefficient (Wildman–Crippen LogP) is 4.71. The van der Waals surface area contributed by atoms with E-state index in [0.29, 0.717) is 41.2 Å². The molecule has 8 nitrogen and oxygen atoms in total. The molecule has 11 heteroatoms. The number of halogens is 3. The largest absolute Gasteiger partial charge is 0.406 e. The van der Waals surface area contributed by atoms with Gasteiger partial charge in [-0.1, -0.05) is 19.1 Å². The molecule has 1 fully saturated rings. The van der Waals surface area contributed by atoms with E-state index in [1.54, 1.807) is 24.4 Å². The topological polar surface area (TPSA) is 83.5 Å². The fourth-order valence-corrected chi connectivity index (χ4v) is 5.13. The van der Waals surface area contributed by atoms with Crippen LogP contribution in [0.5, 0.6) is 0 Å². The van der Waals surface area contributed by atoms with Crippen LogP contribution in [0.4, 0.5) is 24.7 Å². The minimum Gasteiger partial charge on any atom is -0.368 e. The molecule has 1 saturated heterocycles. The third-order valence-corrected chi connectivity index (χ3v) is 6.93. The summed E-state index contributed by atoms with van der Waals surface area (Å²) in [5, 5.41) is 9.02. The van der Waals surface area contributed by atoms with E-state index in [-0.39, 0.29) is 18.3 Å². The van der Waals surface area contributed by atoms with Crippen LogP contribution < -0.4 is 21.6 Å². The van der Waals surface area contributed by atoms with Crippen LogP contribution in [0.3, 0.4) is 0 Å². The molecule has 0 spiro atoms. The first kappa shape index (κ1) is 26.5. The van der Waals surface area contributed by atoms with Crippen molar-refractivity contribution >= 4 is 22.4 Å². The number of benzene rings is 1. The first-order valence-corrected chi connectivity index (χ1v) is 13.2. The molecule has 2 aliphatic rings. The van der Waals surface area contributed by atoms with Crippen LogP contribution in [0.15, 0.2) is 41.3 Å². The lowest BCUT2D eigenvalue weighted by Gasteiger charge is -2.30. The van der Waals surface area contributed by atoms with Gasteiger partial charge < -0.3 is 20.8 Å². The SMILES string of the molecule is CCCNCCNc1ncccc1-c1ccc2c3c(c(=O)n(CC(F)(F)F)c2c1)CN(C1CCCCO1)N3. The second-order valence-electron chi connectivity index (χ2n) is 9.73. The number of hydrazine groups is 1. The normalized spacial score (nSPS) is 17.9. The molecule has 0 amide bonds. The standard InChI is InChI=1S/C27H33F3N6O2/c1-2-10-31-12-13-33-25-19(6-5-11-32-25)18-8-9-20-22(15-18)35(17-27(28,29)30)26(37)21-16-36(34-24(20)21)23-7-3-4-14-38-23/h5-6,8-9,11,15,23,31,34H,2-4,7,10,12-14,16-17H2,1H3,(H,32,33). The van der Waals surface area contributed by atoms with Crippen molar-refractivity contribution in [1.82, 2.24) is 19.9 Å². The molecule has 1 atom stereocenters. The van der Waals surface area contributed by atoms with E-state index in [1.165, 1.54) is 0 Å². The number of pyridine rings is 2. The van der Waals surface area contributed by atoms with Gasteiger partial charge in [-0.15, -0.1) is 0 Å². The summed E-state index contributed by atoms with van der Waals surface area (Å²) in [7, 11) is 0. The predicted molar refractivity (Wildman–Crippen MR) is 142 cm³/mol. The molecule has 1 unspecified atom stereocenters. The van der Waals surface area contributed by atoms with E-state index in [0.717, 1.165) is 48.9 Å². The summed E-state index contributed by atoms with van der Waals surface area (Å²) >= 11 is 0. The summed E-state index contributed by atoms with van der Waals surface area (Å²) in [6, 6.07) is 8.96. The fourth-order valence-electron chi connectivity index (χ4n) is 5.13. The summed E-state index contributed by atoms with van der Waals surface area (Å²) in [4.78, 5) is 17.9. The summed E-state index contributed by atoms with van der Waals surface area (Å²) in [5.74, 6) is 0.634. The number of hydrogen-bond acceptors (Lipinski definition) is 7. The number of nitrogens with one attached hydrogen (secondary N) is 3. The van der Waals surface area contributed by atoms with E-state index in [2.05, 4.69) is 28.0 Å². The Morgan fingerprint density at radius 3 is 2.82 bits per heavy atom. The number of hydrogen-bond donors (Lipinski definition) is 3. The maximum absolute atomic E-state index is 13.7. The van der Waals surface area contributed by atoms with Crippen LogP contribution in [-0.2, 0) is 17.8 Å². The summed E-state index contributed by atoms with van der Waals surface area (Å²) in [6.45, 7) is 3.87. The van der Waals surface area contributed by atoms with E-state index in [9.17, 15) is 18.0 Å². The Morgan fingerprint density at radius 1 is 1.18 bits per heavy atom. The molecule has 4 heterocycles. The van der Waals surface area contributed by atoms with Crippen LogP contribution in [0.25, 0.3) is 22.0 Å². The van der Waals surface area contributed by atoms with Gasteiger partial charge in [0.25, 0.3) is 5.56 Å². The van der Waals surface area contributed by atoms with Gasteiger partial charge in [-0.25, -0.2) is 4.98 Å². The molecule has 1 aromatic carbocycles. The molecular weight excluding hydrogens is 497 g/mol. The molecule has 0 saturated carbocycles. The maximum atomic E-state index is 13.7. The van der Waals surface area contributed by atoms with Crippen LogP contribution in [-0.4, -0.2) is 53.2 Å². The summed E-state index contributed by atoms with van der Waals surface area (Å²) in [5.41, 5.74) is 5.17. The van der Waals surface area contributed by atoms with Crippen molar-refractivity contribution in [2.24, 2.45) is 0 Å². The zero-order valence-electron chi connectivity index (χ0n) is 21.4. The Morgan fingerprint density at radius 2 is 2.05 bits per heavy atom. The second kappa shape index (κ2) is 11.3. The van der Waals surface area contributed by atoms with Gasteiger partial charge in [0.1, 0.15) is 18.6 Å². The summed E-state index contributed by atoms with van der Waals surface area (Å²) in [6.07, 6.45) is 0.701. The Hall–Kier alpha value is -3.15. The number of alkyl halides is 3. The Balaban J connectivity index is 1.54. The number of fused-ring (bicyclic) bond motifs is 3. The lowest BCUT2D eigenvalue weighted by Crippen LogP contribution is -2.40. The van der Waals surface area contributed by atoms with Gasteiger partial charge in [-0.2, -0.15) is 18.2 Å². The van der Waals surface area contributed by atoms with Crippen LogP contribution in [0, 0.1) is 0 Å². The molecule has 2 aliphatic heterocycles. The molecule has 204 valence electrons. The zero-order chi connectivity index (χ0) is 26.7. The molecule has 0 radical (unpaired) electrons. The molecule has 2 aromatic heterocycles. The first-order valence-electron chi connectivity index (χ1n) is 13.2. The number of aromatic nitrogens is 2. The minimum absolute atomic E-state index is 0.192. The van der Waals surface area contributed by atoms with Gasteiger partial charge in [-0.3, -0.25) is 9.36 Å². The highest BCUT2D eigenvalue weighted by molar-refractivity contribution is 5.97. The number of ether oxygens (including phenoxy) is 1. The van der Waals surface area contributed by atoms with Gasteiger partial charge >= 0.3 is 6.18 Å². The van der Waals surface area contributed by atoms with Crippen LogP contribution in [0.1, 0.15) is 38.2 Å². The molecule has 3 N–H and O–H groups in total. The molecule has 5 rings (SSSR count). The summed E-state index contributed by atoms with van der Waals surface area (Å²) < 4.78 is 47.7. The van der Waals surface area contributed by atoms with E-state index in [4.69, 9.17) is 4.74 Å². The number of rotatable bonds is 9. The highest BCUT2D eigenvalue weighted by atomic mass is 19.4. The van der Waals surface area contributed by atoms with E-state index >= 15 is 0 Å². The van der Waals surface area contributed by atoms with Crippen LogP contribution in [0.2, 0.25) is 0 Å². The zero-order valence-corrected chi connectivity index (χ0v) is 21.4. The third-order valence-electron chi connectivity index (χ3n) is 6.93. The molecule has 0 bridgehead atoms. The van der Waals surface area contributed by atoms with Crippen molar-refractivity contribution in [3.05, 3.63) is 52.4 Å². The van der Waals surface area contributed by atoms with Crippen molar-refractivity contribution in [2.45, 2.75) is 58.1 Å². The minimum atomic E-state index is -4.55. The monoisotopic (exact) mass is 530 g/mol. The highest BCUT2D eigenvalue weighted by Crippen LogP contribution is 2.37. The third kappa shape index (κ3) is 5.64. The molecule has 3 aromatic rings. The fraction of sp³-hybridized carbons (Fsp3) is 0.481.